The monoisotopic (exact) mass is 291 g/mol. The molecule has 4 nitrogen and oxygen atoms in total. The first kappa shape index (κ1) is 16.4. The topological polar surface area (TPSA) is 64.9 Å². The van der Waals surface area contributed by atoms with E-state index in [1.807, 2.05) is 36.0 Å². The lowest BCUT2D eigenvalue weighted by molar-refractivity contribution is 0.249. The molecule has 0 fully saturated rings. The molecule has 0 aliphatic heterocycles. The highest BCUT2D eigenvalue weighted by Gasteiger charge is 2.07. The summed E-state index contributed by atoms with van der Waals surface area (Å²) in [5.74, 6) is 0.930. The third-order valence-corrected chi connectivity index (χ3v) is 3.71. The molecule has 0 spiro atoms. The minimum absolute atomic E-state index is 0.153. The molecular weight excluding hydrogens is 270 g/mol. The number of carbonyl (C=O) groups excluding carboxylic acids is 1. The van der Waals surface area contributed by atoms with Crippen molar-refractivity contribution >= 4 is 23.5 Å². The van der Waals surface area contributed by atoms with Crippen LogP contribution < -0.4 is 10.6 Å². The standard InChI is InChI=1S/C15H21N3OS/c1-11(2)20-10-13-5-4-6-14(9-13)18-15(19)17-12(3)7-8-16/h4-6,9,11-12H,7,10H2,1-3H3,(H2,17,18,19)/t12-/m0/s1. The Bertz CT molecular complexity index is 482. The van der Waals surface area contributed by atoms with Crippen LogP contribution in [0, 0.1) is 11.3 Å². The number of nitrogens with zero attached hydrogens (tertiary/aromatic N) is 1. The maximum atomic E-state index is 11.7. The van der Waals surface area contributed by atoms with Gasteiger partial charge < -0.3 is 10.6 Å². The van der Waals surface area contributed by atoms with Gasteiger partial charge >= 0.3 is 6.03 Å². The number of nitrogens with one attached hydrogen (secondary N) is 2. The maximum absolute atomic E-state index is 11.7. The summed E-state index contributed by atoms with van der Waals surface area (Å²) in [6, 6.07) is 9.42. The first-order chi connectivity index (χ1) is 9.51. The van der Waals surface area contributed by atoms with E-state index < -0.39 is 0 Å². The molecule has 108 valence electrons. The molecular formula is C15H21N3OS. The van der Waals surface area contributed by atoms with Gasteiger partial charge in [0.15, 0.2) is 0 Å². The Kier molecular flexibility index (Phi) is 6.96. The number of hydrogen-bond acceptors (Lipinski definition) is 3. The van der Waals surface area contributed by atoms with Crippen LogP contribution in [0.25, 0.3) is 0 Å². The second kappa shape index (κ2) is 8.49. The van der Waals surface area contributed by atoms with Crippen molar-refractivity contribution in [2.45, 2.75) is 44.2 Å². The molecule has 5 heteroatoms. The molecule has 0 aliphatic carbocycles. The van der Waals surface area contributed by atoms with Gasteiger partial charge in [-0.1, -0.05) is 26.0 Å². The molecule has 1 aromatic carbocycles. The second-order valence-corrected chi connectivity index (χ2v) is 6.49. The largest absolute Gasteiger partial charge is 0.334 e. The predicted molar refractivity (Wildman–Crippen MR) is 84.7 cm³/mol. The van der Waals surface area contributed by atoms with Crippen LogP contribution in [0.1, 0.15) is 32.8 Å². The zero-order valence-corrected chi connectivity index (χ0v) is 13.0. The molecule has 2 amide bonds. The molecule has 1 aromatic rings. The molecule has 0 saturated carbocycles. The van der Waals surface area contributed by atoms with Gasteiger partial charge in [0.1, 0.15) is 0 Å². The van der Waals surface area contributed by atoms with Crippen molar-refractivity contribution in [3.63, 3.8) is 0 Å². The van der Waals surface area contributed by atoms with Crippen LogP contribution in [-0.2, 0) is 5.75 Å². The highest BCUT2D eigenvalue weighted by atomic mass is 32.2. The zero-order valence-electron chi connectivity index (χ0n) is 12.1. The molecule has 0 heterocycles. The molecule has 0 aromatic heterocycles. The normalized spacial score (nSPS) is 11.8. The van der Waals surface area contributed by atoms with Gasteiger partial charge in [-0.25, -0.2) is 4.79 Å². The summed E-state index contributed by atoms with van der Waals surface area (Å²) >= 11 is 1.86. The van der Waals surface area contributed by atoms with Gasteiger partial charge in [0.2, 0.25) is 0 Å². The number of hydrogen-bond donors (Lipinski definition) is 2. The van der Waals surface area contributed by atoms with E-state index >= 15 is 0 Å². The molecule has 20 heavy (non-hydrogen) atoms. The van der Waals surface area contributed by atoms with E-state index in [0.29, 0.717) is 11.7 Å². The van der Waals surface area contributed by atoms with Crippen molar-refractivity contribution in [2.75, 3.05) is 5.32 Å². The van der Waals surface area contributed by atoms with Crippen LogP contribution in [0.4, 0.5) is 10.5 Å². The van der Waals surface area contributed by atoms with Gasteiger partial charge in [0, 0.05) is 17.5 Å². The van der Waals surface area contributed by atoms with Gasteiger partial charge in [-0.3, -0.25) is 0 Å². The van der Waals surface area contributed by atoms with E-state index in [2.05, 4.69) is 30.5 Å². The van der Waals surface area contributed by atoms with Gasteiger partial charge in [-0.05, 0) is 29.9 Å². The number of carbonyl (C=O) groups is 1. The minimum atomic E-state index is -0.276. The summed E-state index contributed by atoms with van der Waals surface area (Å²) in [7, 11) is 0. The number of anilines is 1. The lowest BCUT2D eigenvalue weighted by Crippen LogP contribution is -2.35. The smallest absolute Gasteiger partial charge is 0.319 e. The summed E-state index contributed by atoms with van der Waals surface area (Å²) in [6.45, 7) is 6.13. The zero-order chi connectivity index (χ0) is 15.0. The van der Waals surface area contributed by atoms with Crippen LogP contribution in [0.3, 0.4) is 0 Å². The third kappa shape index (κ3) is 6.48. The van der Waals surface area contributed by atoms with Crippen molar-refractivity contribution < 1.29 is 4.79 Å². The Hall–Kier alpha value is -1.67. The van der Waals surface area contributed by atoms with Gasteiger partial charge in [0.05, 0.1) is 12.5 Å². The molecule has 0 saturated heterocycles. The molecule has 2 N–H and O–H groups in total. The fourth-order valence-electron chi connectivity index (χ4n) is 1.58. The average molecular weight is 291 g/mol. The number of thioether (sulfide) groups is 1. The Morgan fingerprint density at radius 3 is 2.80 bits per heavy atom. The van der Waals surface area contributed by atoms with Crippen LogP contribution in [-0.4, -0.2) is 17.3 Å². The van der Waals surface area contributed by atoms with Crippen molar-refractivity contribution in [3.05, 3.63) is 29.8 Å². The highest BCUT2D eigenvalue weighted by Crippen LogP contribution is 2.19. The quantitative estimate of drug-likeness (QED) is 0.839. The first-order valence-electron chi connectivity index (χ1n) is 6.66. The van der Waals surface area contributed by atoms with Crippen LogP contribution in [0.15, 0.2) is 24.3 Å². The molecule has 0 bridgehead atoms. The van der Waals surface area contributed by atoms with E-state index in [1.54, 1.807) is 6.92 Å². The number of rotatable bonds is 6. The summed E-state index contributed by atoms with van der Waals surface area (Å²) in [4.78, 5) is 11.7. The second-order valence-electron chi connectivity index (χ2n) is 4.92. The summed E-state index contributed by atoms with van der Waals surface area (Å²) in [5.41, 5.74) is 1.96. The van der Waals surface area contributed by atoms with Crippen molar-refractivity contribution in [3.8, 4) is 6.07 Å². The Morgan fingerprint density at radius 2 is 2.15 bits per heavy atom. The number of amides is 2. The van der Waals surface area contributed by atoms with Gasteiger partial charge in [0.25, 0.3) is 0 Å². The van der Waals surface area contributed by atoms with Gasteiger partial charge in [-0.15, -0.1) is 0 Å². The summed E-state index contributed by atoms with van der Waals surface area (Å²) < 4.78 is 0. The van der Waals surface area contributed by atoms with E-state index in [4.69, 9.17) is 5.26 Å². The lowest BCUT2D eigenvalue weighted by Gasteiger charge is -2.12. The van der Waals surface area contributed by atoms with Crippen molar-refractivity contribution in [2.24, 2.45) is 0 Å². The van der Waals surface area contributed by atoms with Crippen LogP contribution in [0.5, 0.6) is 0 Å². The molecule has 0 aliphatic rings. The fourth-order valence-corrected chi connectivity index (χ4v) is 2.29. The molecule has 1 atom stereocenters. The summed E-state index contributed by atoms with van der Waals surface area (Å²) in [6.07, 6.45) is 0.304. The van der Waals surface area contributed by atoms with E-state index in [-0.39, 0.29) is 12.1 Å². The maximum Gasteiger partial charge on any atom is 0.319 e. The highest BCUT2D eigenvalue weighted by molar-refractivity contribution is 7.99. The van der Waals surface area contributed by atoms with Crippen molar-refractivity contribution in [1.29, 1.82) is 5.26 Å². The SMILES string of the molecule is CC(C)SCc1cccc(NC(=O)N[C@@H](C)CC#N)c1. The van der Waals surface area contributed by atoms with Crippen LogP contribution in [0.2, 0.25) is 0 Å². The summed E-state index contributed by atoms with van der Waals surface area (Å²) in [5, 5.41) is 14.7. The molecule has 0 unspecified atom stereocenters. The average Bonchev–Trinajstić information content (AvgIpc) is 2.36. The van der Waals surface area contributed by atoms with E-state index in [9.17, 15) is 4.79 Å². The third-order valence-electron chi connectivity index (χ3n) is 2.54. The van der Waals surface area contributed by atoms with Crippen LogP contribution >= 0.6 is 11.8 Å². The lowest BCUT2D eigenvalue weighted by atomic mass is 10.2. The number of nitriles is 1. The number of benzene rings is 1. The molecule has 0 radical (unpaired) electrons. The fraction of sp³-hybridized carbons (Fsp3) is 0.467. The Labute approximate surface area is 124 Å². The predicted octanol–water partition coefficient (Wildman–Crippen LogP) is 3.75. The Balaban J connectivity index is 2.53. The van der Waals surface area contributed by atoms with E-state index in [0.717, 1.165) is 11.4 Å². The van der Waals surface area contributed by atoms with Gasteiger partial charge in [-0.2, -0.15) is 17.0 Å². The molecule has 1 rings (SSSR count). The minimum Gasteiger partial charge on any atom is -0.334 e. The first-order valence-corrected chi connectivity index (χ1v) is 7.71. The van der Waals surface area contributed by atoms with Crippen molar-refractivity contribution in [1.82, 2.24) is 5.32 Å². The Morgan fingerprint density at radius 1 is 1.40 bits per heavy atom. The number of urea groups is 1. The van der Waals surface area contributed by atoms with E-state index in [1.165, 1.54) is 5.56 Å².